The first-order valence-electron chi connectivity index (χ1n) is 8.43. The fourth-order valence-electron chi connectivity index (χ4n) is 3.23. The molecule has 1 atom stereocenters. The van der Waals surface area contributed by atoms with E-state index in [-0.39, 0.29) is 23.8 Å². The van der Waals surface area contributed by atoms with Crippen molar-refractivity contribution in [2.45, 2.75) is 51.0 Å². The van der Waals surface area contributed by atoms with Crippen LogP contribution >= 0.6 is 0 Å². The lowest BCUT2D eigenvalue weighted by Gasteiger charge is -2.32. The summed E-state index contributed by atoms with van der Waals surface area (Å²) < 4.78 is 66.9. The lowest BCUT2D eigenvalue weighted by Crippen LogP contribution is -2.42. The van der Waals surface area contributed by atoms with Crippen LogP contribution in [0.25, 0.3) is 5.65 Å². The summed E-state index contributed by atoms with van der Waals surface area (Å²) in [6.07, 6.45) is -3.23. The lowest BCUT2D eigenvalue weighted by atomic mass is 9.96. The summed E-state index contributed by atoms with van der Waals surface area (Å²) in [4.78, 5) is 4.13. The predicted molar refractivity (Wildman–Crippen MR) is 90.3 cm³/mol. The van der Waals surface area contributed by atoms with Gasteiger partial charge in [0.2, 0.25) is 10.0 Å². The zero-order valence-electron chi connectivity index (χ0n) is 14.8. The third-order valence-electron chi connectivity index (χ3n) is 4.62. The zero-order chi connectivity index (χ0) is 19.3. The van der Waals surface area contributed by atoms with E-state index in [0.717, 1.165) is 10.6 Å². The molecule has 0 unspecified atom stereocenters. The van der Waals surface area contributed by atoms with Gasteiger partial charge in [0.15, 0.2) is 5.65 Å². The molecule has 6 nitrogen and oxygen atoms in total. The molecule has 0 aliphatic carbocycles. The molecule has 2 aromatic heterocycles. The van der Waals surface area contributed by atoms with Gasteiger partial charge in [0.1, 0.15) is 5.69 Å². The van der Waals surface area contributed by atoms with E-state index in [1.165, 1.54) is 17.3 Å². The highest BCUT2D eigenvalue weighted by atomic mass is 32.2. The van der Waals surface area contributed by atoms with Crippen molar-refractivity contribution < 1.29 is 21.6 Å². The van der Waals surface area contributed by atoms with Crippen molar-refractivity contribution in [3.8, 4) is 0 Å². The molecule has 144 valence electrons. The van der Waals surface area contributed by atoms with Crippen LogP contribution in [0.4, 0.5) is 13.2 Å². The minimum atomic E-state index is -4.55. The molecule has 0 aromatic carbocycles. The Kier molecular flexibility index (Phi) is 4.76. The monoisotopic (exact) mass is 390 g/mol. The first kappa shape index (κ1) is 19.1. The second-order valence-corrected chi connectivity index (χ2v) is 9.40. The van der Waals surface area contributed by atoms with Crippen LogP contribution in [-0.2, 0) is 16.2 Å². The van der Waals surface area contributed by atoms with E-state index in [1.807, 2.05) is 0 Å². The van der Waals surface area contributed by atoms with E-state index in [0.29, 0.717) is 25.1 Å². The molecule has 3 heterocycles. The Hall–Kier alpha value is -1.68. The summed E-state index contributed by atoms with van der Waals surface area (Å²) in [5.74, 6) is -0.250. The molecule has 2 aromatic rings. The number of rotatable bonds is 3. The summed E-state index contributed by atoms with van der Waals surface area (Å²) in [5.41, 5.74) is -0.0638. The Morgan fingerprint density at radius 2 is 1.96 bits per heavy atom. The maximum atomic E-state index is 13.3. The normalized spacial score (nSPS) is 20.2. The Morgan fingerprint density at radius 1 is 1.27 bits per heavy atom. The molecular formula is C16H21F3N4O2S. The molecule has 10 heteroatoms. The fourth-order valence-corrected chi connectivity index (χ4v) is 4.60. The topological polar surface area (TPSA) is 67.6 Å². The first-order chi connectivity index (χ1) is 12.0. The van der Waals surface area contributed by atoms with Crippen LogP contribution in [0.3, 0.4) is 0 Å². The number of piperidine rings is 1. The summed E-state index contributed by atoms with van der Waals surface area (Å²) in [6.45, 7) is 5.39. The van der Waals surface area contributed by atoms with Gasteiger partial charge >= 0.3 is 6.18 Å². The smallest absolute Gasteiger partial charge is 0.234 e. The molecule has 0 spiro atoms. The van der Waals surface area contributed by atoms with Gasteiger partial charge in [-0.05, 0) is 39.7 Å². The van der Waals surface area contributed by atoms with Gasteiger partial charge < -0.3 is 0 Å². The van der Waals surface area contributed by atoms with Crippen LogP contribution in [0.1, 0.15) is 49.7 Å². The molecule has 26 heavy (non-hydrogen) atoms. The Morgan fingerprint density at radius 3 is 2.58 bits per heavy atom. The zero-order valence-corrected chi connectivity index (χ0v) is 15.6. The number of halogens is 3. The summed E-state index contributed by atoms with van der Waals surface area (Å²) >= 11 is 0. The van der Waals surface area contributed by atoms with Crippen LogP contribution in [0, 0.1) is 6.92 Å². The van der Waals surface area contributed by atoms with Gasteiger partial charge in [-0.2, -0.15) is 18.3 Å². The molecule has 0 N–H and O–H groups in total. The van der Waals surface area contributed by atoms with Crippen molar-refractivity contribution in [1.82, 2.24) is 18.9 Å². The highest BCUT2D eigenvalue weighted by Gasteiger charge is 2.36. The molecule has 1 aliphatic heterocycles. The Labute approximate surface area is 150 Å². The van der Waals surface area contributed by atoms with E-state index >= 15 is 0 Å². The van der Waals surface area contributed by atoms with Crippen LogP contribution in [0.15, 0.2) is 12.1 Å². The number of hydrogen-bond acceptors (Lipinski definition) is 4. The van der Waals surface area contributed by atoms with E-state index < -0.39 is 27.1 Å². The van der Waals surface area contributed by atoms with Gasteiger partial charge in [-0.3, -0.25) is 0 Å². The number of hydrogen-bond donors (Lipinski definition) is 0. The maximum absolute atomic E-state index is 13.3. The van der Waals surface area contributed by atoms with Crippen LogP contribution in [0.5, 0.6) is 0 Å². The number of sulfonamides is 1. The minimum Gasteiger partial charge on any atom is -0.234 e. The largest absolute Gasteiger partial charge is 0.433 e. The van der Waals surface area contributed by atoms with Crippen LogP contribution in [0.2, 0.25) is 0 Å². The number of nitrogens with zero attached hydrogens (tertiary/aromatic N) is 4. The highest BCUT2D eigenvalue weighted by molar-refractivity contribution is 7.89. The summed E-state index contributed by atoms with van der Waals surface area (Å²) in [5, 5.41) is 3.58. The summed E-state index contributed by atoms with van der Waals surface area (Å²) in [6, 6.07) is 2.48. The lowest BCUT2D eigenvalue weighted by molar-refractivity contribution is -0.142. The van der Waals surface area contributed by atoms with Gasteiger partial charge in [0.05, 0.1) is 10.9 Å². The quantitative estimate of drug-likeness (QED) is 0.808. The maximum Gasteiger partial charge on any atom is 0.433 e. The third kappa shape index (κ3) is 3.44. The number of aryl methyl sites for hydroxylation is 1. The van der Waals surface area contributed by atoms with Gasteiger partial charge in [0.25, 0.3) is 0 Å². The molecule has 0 amide bonds. The van der Waals surface area contributed by atoms with Gasteiger partial charge in [-0.1, -0.05) is 0 Å². The standard InChI is InChI=1S/C16H21F3N4O2S/c1-10(2)26(24,25)22-6-4-5-12(9-22)13-8-15-20-11(3)7-14(16(17,18)19)23(15)21-13/h7-8,10,12H,4-6,9H2,1-3H3/t12-/m0/s1. The predicted octanol–water partition coefficient (Wildman–Crippen LogP) is 2.97. The number of alkyl halides is 3. The van der Waals surface area contributed by atoms with Crippen LogP contribution < -0.4 is 0 Å². The molecule has 0 radical (unpaired) electrons. The number of fused-ring (bicyclic) bond motifs is 1. The average molecular weight is 390 g/mol. The highest BCUT2D eigenvalue weighted by Crippen LogP contribution is 2.33. The van der Waals surface area contributed by atoms with Crippen molar-refractivity contribution in [2.24, 2.45) is 0 Å². The third-order valence-corrected chi connectivity index (χ3v) is 6.87. The SMILES string of the molecule is Cc1cc(C(F)(F)F)n2nc([C@H]3CCCN(S(=O)(=O)C(C)C)C3)cc2n1. The Balaban J connectivity index is 1.98. The average Bonchev–Trinajstić information content (AvgIpc) is 2.96. The van der Waals surface area contributed by atoms with Crippen LogP contribution in [-0.4, -0.2) is 45.7 Å². The van der Waals surface area contributed by atoms with Crippen molar-refractivity contribution in [2.75, 3.05) is 13.1 Å². The molecule has 3 rings (SSSR count). The van der Waals surface area contributed by atoms with Gasteiger partial charge in [-0.15, -0.1) is 0 Å². The molecular weight excluding hydrogens is 369 g/mol. The molecule has 0 saturated carbocycles. The second-order valence-electron chi connectivity index (χ2n) is 6.91. The van der Waals surface area contributed by atoms with E-state index in [2.05, 4.69) is 10.1 Å². The first-order valence-corrected chi connectivity index (χ1v) is 9.94. The van der Waals surface area contributed by atoms with E-state index in [4.69, 9.17) is 0 Å². The minimum absolute atomic E-state index is 0.121. The summed E-state index contributed by atoms with van der Waals surface area (Å²) in [7, 11) is -3.41. The van der Waals surface area contributed by atoms with Crippen molar-refractivity contribution in [3.63, 3.8) is 0 Å². The molecule has 1 fully saturated rings. The Bertz CT molecular complexity index is 921. The van der Waals surface area contributed by atoms with Gasteiger partial charge in [-0.25, -0.2) is 22.2 Å². The molecule has 0 bridgehead atoms. The fraction of sp³-hybridized carbons (Fsp3) is 0.625. The van der Waals surface area contributed by atoms with Crippen molar-refractivity contribution >= 4 is 15.7 Å². The van der Waals surface area contributed by atoms with E-state index in [9.17, 15) is 21.6 Å². The number of aromatic nitrogens is 3. The van der Waals surface area contributed by atoms with Crippen molar-refractivity contribution in [1.29, 1.82) is 0 Å². The second kappa shape index (κ2) is 6.49. The van der Waals surface area contributed by atoms with E-state index in [1.54, 1.807) is 13.8 Å². The molecule has 1 aliphatic rings. The van der Waals surface area contributed by atoms with Crippen molar-refractivity contribution in [3.05, 3.63) is 29.2 Å². The molecule has 1 saturated heterocycles. The van der Waals surface area contributed by atoms with Gasteiger partial charge in [0, 0.05) is 30.8 Å².